The zero-order valence-electron chi connectivity index (χ0n) is 20.8. The van der Waals surface area contributed by atoms with Crippen molar-refractivity contribution in [2.75, 3.05) is 7.11 Å². The molecule has 2 heterocycles. The van der Waals surface area contributed by atoms with Crippen molar-refractivity contribution in [3.8, 4) is 11.4 Å². The number of rotatable bonds is 5. The van der Waals surface area contributed by atoms with Gasteiger partial charge in [0, 0.05) is 22.9 Å². The third-order valence-corrected chi connectivity index (χ3v) is 7.04. The molecule has 2 atom stereocenters. The number of nitrogens with one attached hydrogen (secondary N) is 1. The quantitative estimate of drug-likeness (QED) is 0.314. The highest BCUT2D eigenvalue weighted by atomic mass is 16.5. The van der Waals surface area contributed by atoms with Crippen LogP contribution in [0.25, 0.3) is 22.2 Å². The molecule has 6 rings (SSSR count). The SMILES string of the molecule is COc1ccc2ccccc2c1C1=CC(c2ccccc2)C(c2cc(C)n(-c3ccccc3)n2)C(=O)N1. The van der Waals surface area contributed by atoms with Crippen molar-refractivity contribution in [1.29, 1.82) is 0 Å². The molecule has 0 spiro atoms. The Hall–Kier alpha value is -4.64. The van der Waals surface area contributed by atoms with Crippen LogP contribution in [0.2, 0.25) is 0 Å². The summed E-state index contributed by atoms with van der Waals surface area (Å²) in [6.45, 7) is 2.02. The van der Waals surface area contributed by atoms with E-state index in [1.165, 1.54) is 0 Å². The first-order chi connectivity index (χ1) is 18.1. The summed E-state index contributed by atoms with van der Waals surface area (Å²) in [6.07, 6.45) is 2.16. The second kappa shape index (κ2) is 9.43. The van der Waals surface area contributed by atoms with Gasteiger partial charge in [-0.05, 0) is 47.5 Å². The first-order valence-corrected chi connectivity index (χ1v) is 12.4. The van der Waals surface area contributed by atoms with Crippen LogP contribution in [0.1, 0.15) is 34.4 Å². The molecule has 1 N–H and O–H groups in total. The van der Waals surface area contributed by atoms with E-state index in [-0.39, 0.29) is 11.8 Å². The molecule has 4 aromatic carbocycles. The molecule has 0 fully saturated rings. The van der Waals surface area contributed by atoms with Crippen LogP contribution in [0.3, 0.4) is 0 Å². The van der Waals surface area contributed by atoms with Gasteiger partial charge >= 0.3 is 0 Å². The molecule has 5 aromatic rings. The largest absolute Gasteiger partial charge is 0.496 e. The number of hydrogen-bond acceptors (Lipinski definition) is 3. The molecule has 0 bridgehead atoms. The first-order valence-electron chi connectivity index (χ1n) is 12.4. The third kappa shape index (κ3) is 4.08. The van der Waals surface area contributed by atoms with Crippen LogP contribution >= 0.6 is 0 Å². The van der Waals surface area contributed by atoms with Crippen molar-refractivity contribution in [2.45, 2.75) is 18.8 Å². The van der Waals surface area contributed by atoms with Crippen LogP contribution in [0, 0.1) is 6.92 Å². The lowest BCUT2D eigenvalue weighted by molar-refractivity contribution is -0.122. The molecule has 2 unspecified atom stereocenters. The molecule has 1 aromatic heterocycles. The minimum atomic E-state index is -0.476. The number of allylic oxidation sites excluding steroid dienone is 1. The average Bonchev–Trinajstić information content (AvgIpc) is 3.33. The molecule has 0 saturated carbocycles. The normalized spacial score (nSPS) is 17.4. The average molecular weight is 486 g/mol. The van der Waals surface area contributed by atoms with Gasteiger partial charge in [-0.2, -0.15) is 5.10 Å². The van der Waals surface area contributed by atoms with Gasteiger partial charge in [0.2, 0.25) is 5.91 Å². The van der Waals surface area contributed by atoms with E-state index in [9.17, 15) is 4.79 Å². The summed E-state index contributed by atoms with van der Waals surface area (Å²) in [5, 5.41) is 10.2. The minimum absolute atomic E-state index is 0.0842. The highest BCUT2D eigenvalue weighted by molar-refractivity contribution is 6.02. The Kier molecular flexibility index (Phi) is 5.81. The lowest BCUT2D eigenvalue weighted by atomic mass is 9.79. The zero-order chi connectivity index (χ0) is 25.4. The number of hydrogen-bond donors (Lipinski definition) is 1. The summed E-state index contributed by atoms with van der Waals surface area (Å²) in [6, 6.07) is 34.3. The fourth-order valence-corrected chi connectivity index (χ4v) is 5.30. The number of ether oxygens (including phenoxy) is 1. The summed E-state index contributed by atoms with van der Waals surface area (Å²) in [7, 11) is 1.66. The molecule has 1 aliphatic heterocycles. The summed E-state index contributed by atoms with van der Waals surface area (Å²) in [5.41, 5.74) is 5.39. The smallest absolute Gasteiger partial charge is 0.234 e. The zero-order valence-corrected chi connectivity index (χ0v) is 20.8. The monoisotopic (exact) mass is 485 g/mol. The van der Waals surface area contributed by atoms with Crippen LogP contribution < -0.4 is 10.1 Å². The van der Waals surface area contributed by atoms with Crippen molar-refractivity contribution in [3.63, 3.8) is 0 Å². The van der Waals surface area contributed by atoms with E-state index < -0.39 is 5.92 Å². The fraction of sp³-hybridized carbons (Fsp3) is 0.125. The number of amides is 1. The topological polar surface area (TPSA) is 56.2 Å². The van der Waals surface area contributed by atoms with Gasteiger partial charge in [-0.1, -0.05) is 84.9 Å². The number of aryl methyl sites for hydroxylation is 1. The van der Waals surface area contributed by atoms with Gasteiger partial charge in [0.05, 0.1) is 24.4 Å². The number of benzene rings is 4. The molecule has 0 aliphatic carbocycles. The van der Waals surface area contributed by atoms with Crippen molar-refractivity contribution in [1.82, 2.24) is 15.1 Å². The third-order valence-electron chi connectivity index (χ3n) is 7.04. The fourth-order valence-electron chi connectivity index (χ4n) is 5.30. The van der Waals surface area contributed by atoms with Crippen LogP contribution in [-0.4, -0.2) is 22.8 Å². The maximum absolute atomic E-state index is 13.9. The molecule has 5 heteroatoms. The Morgan fingerprint density at radius 2 is 1.57 bits per heavy atom. The van der Waals surface area contributed by atoms with Crippen molar-refractivity contribution >= 4 is 22.4 Å². The van der Waals surface area contributed by atoms with Gasteiger partial charge in [-0.25, -0.2) is 4.68 Å². The molecule has 5 nitrogen and oxygen atoms in total. The Morgan fingerprint density at radius 1 is 0.865 bits per heavy atom. The number of nitrogens with zero attached hydrogens (tertiary/aromatic N) is 2. The van der Waals surface area contributed by atoms with E-state index >= 15 is 0 Å². The summed E-state index contributed by atoms with van der Waals surface area (Å²) < 4.78 is 7.66. The van der Waals surface area contributed by atoms with E-state index in [1.54, 1.807) is 7.11 Å². The minimum Gasteiger partial charge on any atom is -0.496 e. The van der Waals surface area contributed by atoms with Gasteiger partial charge in [0.15, 0.2) is 0 Å². The lowest BCUT2D eigenvalue weighted by Gasteiger charge is -2.30. The highest BCUT2D eigenvalue weighted by Gasteiger charge is 2.37. The molecule has 1 amide bonds. The molecule has 37 heavy (non-hydrogen) atoms. The first kappa shape index (κ1) is 22.8. The van der Waals surface area contributed by atoms with Gasteiger partial charge < -0.3 is 10.1 Å². The van der Waals surface area contributed by atoms with Gasteiger partial charge in [-0.3, -0.25) is 4.79 Å². The number of aromatic nitrogens is 2. The number of carbonyl (C=O) groups excluding carboxylic acids is 1. The van der Waals surface area contributed by atoms with Crippen LogP contribution in [0.15, 0.2) is 109 Å². The number of para-hydroxylation sites is 1. The Balaban J connectivity index is 1.52. The van der Waals surface area contributed by atoms with Gasteiger partial charge in [-0.15, -0.1) is 0 Å². The lowest BCUT2D eigenvalue weighted by Crippen LogP contribution is -2.36. The molecule has 0 radical (unpaired) electrons. The second-order valence-corrected chi connectivity index (χ2v) is 9.31. The Labute approximate surface area is 216 Å². The number of methoxy groups -OCH3 is 1. The maximum atomic E-state index is 13.9. The molecular formula is C32H27N3O2. The standard InChI is InChI=1S/C32H27N3O2/c1-21-19-28(34-35(21)24-14-7-4-8-15-24)31-26(22-11-5-3-6-12-22)20-27(33-32(31)36)30-25-16-10-9-13-23(25)17-18-29(30)37-2/h3-20,26,31H,1-2H3,(H,33,36). The molecule has 182 valence electrons. The van der Waals surface area contributed by atoms with Gasteiger partial charge in [0.25, 0.3) is 0 Å². The summed E-state index contributed by atoms with van der Waals surface area (Å²) in [5.74, 6) is -0.0401. The van der Waals surface area contributed by atoms with Crippen molar-refractivity contribution in [3.05, 3.63) is 132 Å². The predicted octanol–water partition coefficient (Wildman–Crippen LogP) is 6.38. The Morgan fingerprint density at radius 3 is 2.32 bits per heavy atom. The molecular weight excluding hydrogens is 458 g/mol. The molecule has 1 aliphatic rings. The van der Waals surface area contributed by atoms with Crippen LogP contribution in [-0.2, 0) is 4.79 Å². The van der Waals surface area contributed by atoms with E-state index in [4.69, 9.17) is 9.84 Å². The van der Waals surface area contributed by atoms with Gasteiger partial charge in [0.1, 0.15) is 5.75 Å². The van der Waals surface area contributed by atoms with E-state index in [2.05, 4.69) is 35.7 Å². The summed E-state index contributed by atoms with van der Waals surface area (Å²) >= 11 is 0. The Bertz CT molecular complexity index is 1620. The van der Waals surface area contributed by atoms with E-state index in [1.807, 2.05) is 90.5 Å². The van der Waals surface area contributed by atoms with E-state index in [0.29, 0.717) is 0 Å². The maximum Gasteiger partial charge on any atom is 0.234 e. The van der Waals surface area contributed by atoms with Crippen LogP contribution in [0.5, 0.6) is 5.75 Å². The number of fused-ring (bicyclic) bond motifs is 1. The van der Waals surface area contributed by atoms with E-state index in [0.717, 1.165) is 50.4 Å². The molecule has 0 saturated heterocycles. The summed E-state index contributed by atoms with van der Waals surface area (Å²) in [4.78, 5) is 13.9. The number of carbonyl (C=O) groups is 1. The van der Waals surface area contributed by atoms with Crippen LogP contribution in [0.4, 0.5) is 0 Å². The predicted molar refractivity (Wildman–Crippen MR) is 147 cm³/mol. The highest BCUT2D eigenvalue weighted by Crippen LogP contribution is 2.42. The van der Waals surface area contributed by atoms with Crippen molar-refractivity contribution < 1.29 is 9.53 Å². The second-order valence-electron chi connectivity index (χ2n) is 9.31. The van der Waals surface area contributed by atoms with Crippen molar-refractivity contribution in [2.24, 2.45) is 0 Å².